The van der Waals surface area contributed by atoms with E-state index in [0.717, 1.165) is 11.3 Å². The average molecular weight is 384 g/mol. The average Bonchev–Trinajstić information content (AvgIpc) is 2.72. The maximum absolute atomic E-state index is 13.3. The molecule has 1 heterocycles. The van der Waals surface area contributed by atoms with Crippen LogP contribution < -0.4 is 10.1 Å². The fraction of sp³-hybridized carbons (Fsp3) is 0.364. The number of rotatable bonds is 6. The van der Waals surface area contributed by atoms with Gasteiger partial charge in [0.25, 0.3) is 0 Å². The predicted molar refractivity (Wildman–Crippen MR) is 104 cm³/mol. The second-order valence-electron chi connectivity index (χ2n) is 7.03. The number of benzene rings is 2. The minimum absolute atomic E-state index is 0.0213. The molecule has 0 aliphatic carbocycles. The molecule has 0 unspecified atom stereocenters. The molecule has 0 spiro atoms. The van der Waals surface area contributed by atoms with E-state index < -0.39 is 0 Å². The second-order valence-corrected chi connectivity index (χ2v) is 7.03. The molecule has 0 bridgehead atoms. The lowest BCUT2D eigenvalue weighted by molar-refractivity contribution is -0.135. The summed E-state index contributed by atoms with van der Waals surface area (Å²) in [5, 5.41) is 2.97. The van der Waals surface area contributed by atoms with Gasteiger partial charge in [-0.15, -0.1) is 0 Å². The number of nitrogens with one attached hydrogen (secondary N) is 1. The van der Waals surface area contributed by atoms with E-state index >= 15 is 0 Å². The molecule has 2 amide bonds. The highest BCUT2D eigenvalue weighted by atomic mass is 19.1. The Balaban J connectivity index is 1.43. The molecule has 148 valence electrons. The van der Waals surface area contributed by atoms with Crippen LogP contribution >= 0.6 is 0 Å². The fourth-order valence-electron chi connectivity index (χ4n) is 3.40. The molecule has 6 heteroatoms. The third-order valence-electron chi connectivity index (χ3n) is 5.09. The van der Waals surface area contributed by atoms with Crippen LogP contribution in [0.1, 0.15) is 24.0 Å². The van der Waals surface area contributed by atoms with E-state index in [1.54, 1.807) is 24.1 Å². The highest BCUT2D eigenvalue weighted by molar-refractivity contribution is 5.81. The van der Waals surface area contributed by atoms with Gasteiger partial charge in [0.15, 0.2) is 0 Å². The Morgan fingerprint density at radius 2 is 1.82 bits per heavy atom. The van der Waals surface area contributed by atoms with Crippen LogP contribution in [0.25, 0.3) is 0 Å². The molecule has 1 fully saturated rings. The van der Waals surface area contributed by atoms with Gasteiger partial charge in [0, 0.05) is 25.6 Å². The lowest BCUT2D eigenvalue weighted by Gasteiger charge is -2.31. The lowest BCUT2D eigenvalue weighted by atomic mass is 9.95. The van der Waals surface area contributed by atoms with Gasteiger partial charge in [0.05, 0.1) is 13.5 Å². The Morgan fingerprint density at radius 3 is 2.46 bits per heavy atom. The van der Waals surface area contributed by atoms with Crippen LogP contribution in [0, 0.1) is 11.7 Å². The van der Waals surface area contributed by atoms with Crippen molar-refractivity contribution in [2.45, 2.75) is 25.8 Å². The number of hydrogen-bond donors (Lipinski definition) is 1. The number of likely N-dealkylation sites (tertiary alicyclic amines) is 1. The monoisotopic (exact) mass is 384 g/mol. The molecule has 1 aliphatic heterocycles. The third-order valence-corrected chi connectivity index (χ3v) is 5.09. The van der Waals surface area contributed by atoms with Gasteiger partial charge in [-0.25, -0.2) is 4.39 Å². The Bertz CT molecular complexity index is 815. The lowest BCUT2D eigenvalue weighted by Crippen LogP contribution is -2.43. The van der Waals surface area contributed by atoms with Gasteiger partial charge in [-0.05, 0) is 48.2 Å². The number of carbonyl (C=O) groups excluding carboxylic acids is 2. The summed E-state index contributed by atoms with van der Waals surface area (Å²) in [6.07, 6.45) is 1.47. The van der Waals surface area contributed by atoms with Crippen LogP contribution in [0.3, 0.4) is 0 Å². The molecule has 5 nitrogen and oxygen atoms in total. The quantitative estimate of drug-likeness (QED) is 0.833. The molecule has 1 aliphatic rings. The molecule has 1 saturated heterocycles. The summed E-state index contributed by atoms with van der Waals surface area (Å²) in [6, 6.07) is 13.7. The molecule has 2 aromatic rings. The van der Waals surface area contributed by atoms with E-state index in [-0.39, 0.29) is 30.0 Å². The van der Waals surface area contributed by atoms with Gasteiger partial charge in [0.2, 0.25) is 11.8 Å². The van der Waals surface area contributed by atoms with Gasteiger partial charge >= 0.3 is 0 Å². The number of nitrogens with zero attached hydrogens (tertiary/aromatic N) is 1. The Labute approximate surface area is 164 Å². The van der Waals surface area contributed by atoms with Crippen LogP contribution in [0.5, 0.6) is 5.75 Å². The summed E-state index contributed by atoms with van der Waals surface area (Å²) >= 11 is 0. The van der Waals surface area contributed by atoms with Gasteiger partial charge in [-0.3, -0.25) is 9.59 Å². The van der Waals surface area contributed by atoms with Gasteiger partial charge in [0.1, 0.15) is 11.6 Å². The summed E-state index contributed by atoms with van der Waals surface area (Å²) in [7, 11) is 1.62. The number of piperidine rings is 1. The van der Waals surface area contributed by atoms with E-state index in [2.05, 4.69) is 5.32 Å². The van der Waals surface area contributed by atoms with Crippen molar-refractivity contribution < 1.29 is 18.7 Å². The first-order chi connectivity index (χ1) is 13.5. The zero-order valence-corrected chi connectivity index (χ0v) is 16.0. The van der Waals surface area contributed by atoms with Crippen molar-refractivity contribution >= 4 is 11.8 Å². The molecule has 0 saturated carbocycles. The largest absolute Gasteiger partial charge is 0.497 e. The topological polar surface area (TPSA) is 58.6 Å². The van der Waals surface area contributed by atoms with E-state index in [4.69, 9.17) is 4.74 Å². The van der Waals surface area contributed by atoms with Crippen LogP contribution in [0.2, 0.25) is 0 Å². The molecule has 3 rings (SSSR count). The van der Waals surface area contributed by atoms with Crippen molar-refractivity contribution in [1.82, 2.24) is 10.2 Å². The SMILES string of the molecule is COc1ccc(CNC(=O)C2CCN(C(=O)Cc3cccc(F)c3)CC2)cc1. The van der Waals surface area contributed by atoms with Gasteiger partial charge in [-0.1, -0.05) is 24.3 Å². The highest BCUT2D eigenvalue weighted by Crippen LogP contribution is 2.19. The van der Waals surface area contributed by atoms with Crippen molar-refractivity contribution in [2.75, 3.05) is 20.2 Å². The Hall–Kier alpha value is -2.89. The minimum Gasteiger partial charge on any atom is -0.497 e. The van der Waals surface area contributed by atoms with Crippen LogP contribution in [0.4, 0.5) is 4.39 Å². The van der Waals surface area contributed by atoms with Gasteiger partial charge in [-0.2, -0.15) is 0 Å². The van der Waals surface area contributed by atoms with E-state index in [9.17, 15) is 14.0 Å². The summed E-state index contributed by atoms with van der Waals surface area (Å²) in [5.41, 5.74) is 1.68. The summed E-state index contributed by atoms with van der Waals surface area (Å²) < 4.78 is 18.4. The van der Waals surface area contributed by atoms with Crippen molar-refractivity contribution in [1.29, 1.82) is 0 Å². The zero-order chi connectivity index (χ0) is 19.9. The first-order valence-electron chi connectivity index (χ1n) is 9.48. The van der Waals surface area contributed by atoms with Gasteiger partial charge < -0.3 is 15.0 Å². The van der Waals surface area contributed by atoms with Crippen molar-refractivity contribution in [3.05, 3.63) is 65.5 Å². The minimum atomic E-state index is -0.336. The molecule has 1 N–H and O–H groups in total. The highest BCUT2D eigenvalue weighted by Gasteiger charge is 2.27. The molecule has 2 aromatic carbocycles. The summed E-state index contributed by atoms with van der Waals surface area (Å²) in [4.78, 5) is 26.6. The van der Waals surface area contributed by atoms with E-state index in [1.807, 2.05) is 24.3 Å². The maximum Gasteiger partial charge on any atom is 0.226 e. The standard InChI is InChI=1S/C22H25FN2O3/c1-28-20-7-5-16(6-8-20)15-24-22(27)18-9-11-25(12-10-18)21(26)14-17-3-2-4-19(23)13-17/h2-8,13,18H,9-12,14-15H2,1H3,(H,24,27). The van der Waals surface area contributed by atoms with Crippen molar-refractivity contribution in [3.8, 4) is 5.75 Å². The smallest absolute Gasteiger partial charge is 0.226 e. The molecule has 0 aromatic heterocycles. The van der Waals surface area contributed by atoms with Crippen molar-refractivity contribution in [2.24, 2.45) is 5.92 Å². The van der Waals surface area contributed by atoms with Crippen LogP contribution in [-0.4, -0.2) is 36.9 Å². The Kier molecular flexibility index (Phi) is 6.63. The summed E-state index contributed by atoms with van der Waals surface area (Å²) in [5.74, 6) is 0.357. The maximum atomic E-state index is 13.3. The first kappa shape index (κ1) is 19.9. The summed E-state index contributed by atoms with van der Waals surface area (Å²) in [6.45, 7) is 1.57. The predicted octanol–water partition coefficient (Wildman–Crippen LogP) is 2.93. The first-order valence-corrected chi connectivity index (χ1v) is 9.48. The number of carbonyl (C=O) groups is 2. The Morgan fingerprint density at radius 1 is 1.11 bits per heavy atom. The molecule has 0 radical (unpaired) electrons. The van der Waals surface area contributed by atoms with E-state index in [1.165, 1.54) is 12.1 Å². The molecule has 0 atom stereocenters. The second kappa shape index (κ2) is 9.35. The molecular weight excluding hydrogens is 359 g/mol. The van der Waals surface area contributed by atoms with E-state index in [0.29, 0.717) is 38.0 Å². The third kappa shape index (κ3) is 5.31. The number of halogens is 1. The number of hydrogen-bond acceptors (Lipinski definition) is 3. The molecule has 28 heavy (non-hydrogen) atoms. The van der Waals surface area contributed by atoms with Crippen molar-refractivity contribution in [3.63, 3.8) is 0 Å². The number of methoxy groups -OCH3 is 1. The fourth-order valence-corrected chi connectivity index (χ4v) is 3.40. The number of ether oxygens (including phenoxy) is 1. The van der Waals surface area contributed by atoms with Crippen LogP contribution in [-0.2, 0) is 22.6 Å². The zero-order valence-electron chi connectivity index (χ0n) is 16.0. The normalized spacial score (nSPS) is 14.6. The molecular formula is C22H25FN2O3. The van der Waals surface area contributed by atoms with Crippen LogP contribution in [0.15, 0.2) is 48.5 Å². The number of amides is 2.